The minimum Gasteiger partial charge on any atom is -0.372 e. The van der Waals surface area contributed by atoms with E-state index in [1.54, 1.807) is 20.8 Å². The summed E-state index contributed by atoms with van der Waals surface area (Å²) in [6.45, 7) is 9.20. The smallest absolute Gasteiger partial charge is 0.191 e. The monoisotopic (exact) mass is 298 g/mol. The Balaban J connectivity index is 1.87. The molecular formula is C15H22O6. The highest BCUT2D eigenvalue weighted by atomic mass is 16.8. The van der Waals surface area contributed by atoms with Gasteiger partial charge >= 0.3 is 0 Å². The second-order valence-electron chi connectivity index (χ2n) is 6.55. The van der Waals surface area contributed by atoms with Crippen LogP contribution in [0, 0.1) is 11.8 Å². The number of hydrogen-bond acceptors (Lipinski definition) is 6. The first-order valence-corrected chi connectivity index (χ1v) is 7.16. The van der Waals surface area contributed by atoms with Crippen molar-refractivity contribution >= 4 is 0 Å². The van der Waals surface area contributed by atoms with Gasteiger partial charge in [0.1, 0.15) is 12.2 Å². The van der Waals surface area contributed by atoms with Gasteiger partial charge in [-0.15, -0.1) is 5.92 Å². The number of fused-ring (bicyclic) bond motifs is 1. The van der Waals surface area contributed by atoms with Crippen LogP contribution in [0.15, 0.2) is 0 Å². The van der Waals surface area contributed by atoms with Gasteiger partial charge in [-0.05, 0) is 34.6 Å². The highest BCUT2D eigenvalue weighted by Crippen LogP contribution is 2.45. The van der Waals surface area contributed by atoms with Gasteiger partial charge < -0.3 is 28.8 Å². The first-order valence-electron chi connectivity index (χ1n) is 7.16. The van der Waals surface area contributed by atoms with Gasteiger partial charge in [0.15, 0.2) is 29.6 Å². The molecule has 0 aromatic heterocycles. The number of rotatable bonds is 1. The largest absolute Gasteiger partial charge is 0.372 e. The zero-order chi connectivity index (χ0) is 15.5. The minimum absolute atomic E-state index is 0.328. The van der Waals surface area contributed by atoms with Crippen LogP contribution < -0.4 is 0 Å². The summed E-state index contributed by atoms with van der Waals surface area (Å²) in [5.41, 5.74) is -1.48. The molecule has 3 saturated heterocycles. The molecule has 0 spiro atoms. The van der Waals surface area contributed by atoms with Gasteiger partial charge in [-0.3, -0.25) is 0 Å². The molecule has 3 rings (SSSR count). The number of hydrogen-bond donors (Lipinski definition) is 1. The summed E-state index contributed by atoms with van der Waals surface area (Å²) in [4.78, 5) is 0. The molecule has 0 aromatic rings. The average Bonchev–Trinajstić information content (AvgIpc) is 2.92. The van der Waals surface area contributed by atoms with Gasteiger partial charge in [-0.2, -0.15) is 0 Å². The van der Waals surface area contributed by atoms with Crippen LogP contribution in [-0.4, -0.2) is 53.5 Å². The maximum atomic E-state index is 11.0. The Bertz CT molecular complexity index is 490. The van der Waals surface area contributed by atoms with E-state index in [2.05, 4.69) is 11.8 Å². The maximum Gasteiger partial charge on any atom is 0.191 e. The third-order valence-corrected chi connectivity index (χ3v) is 3.90. The summed E-state index contributed by atoms with van der Waals surface area (Å²) in [5.74, 6) is 4.07. The van der Waals surface area contributed by atoms with Crippen molar-refractivity contribution in [2.45, 2.75) is 76.4 Å². The van der Waals surface area contributed by atoms with E-state index >= 15 is 0 Å². The van der Waals surface area contributed by atoms with Crippen LogP contribution in [0.2, 0.25) is 0 Å². The molecule has 3 aliphatic heterocycles. The molecule has 3 heterocycles. The molecule has 0 radical (unpaired) electrons. The molecule has 0 amide bonds. The summed E-state index contributed by atoms with van der Waals surface area (Å²) < 4.78 is 28.7. The summed E-state index contributed by atoms with van der Waals surface area (Å²) in [6, 6.07) is 0. The highest BCUT2D eigenvalue weighted by Gasteiger charge is 2.65. The first-order chi connectivity index (χ1) is 9.67. The minimum atomic E-state index is -1.48. The van der Waals surface area contributed by atoms with Gasteiger partial charge in [0.25, 0.3) is 0 Å². The van der Waals surface area contributed by atoms with Crippen molar-refractivity contribution in [1.82, 2.24) is 0 Å². The Hall–Kier alpha value is -0.680. The first kappa shape index (κ1) is 15.2. The lowest BCUT2D eigenvalue weighted by atomic mass is 9.90. The molecule has 0 unspecified atom stereocenters. The van der Waals surface area contributed by atoms with E-state index in [1.807, 2.05) is 13.8 Å². The Morgan fingerprint density at radius 1 is 1.00 bits per heavy atom. The van der Waals surface area contributed by atoms with Crippen LogP contribution in [0.25, 0.3) is 0 Å². The third-order valence-electron chi connectivity index (χ3n) is 3.90. The highest BCUT2D eigenvalue weighted by molar-refractivity contribution is 5.25. The fourth-order valence-electron chi connectivity index (χ4n) is 3.12. The van der Waals surface area contributed by atoms with Crippen molar-refractivity contribution < 1.29 is 28.8 Å². The fraction of sp³-hybridized carbons (Fsp3) is 0.867. The number of aliphatic hydroxyl groups is 1. The Morgan fingerprint density at radius 3 is 2.29 bits per heavy atom. The van der Waals surface area contributed by atoms with Crippen molar-refractivity contribution in [2.75, 3.05) is 6.61 Å². The number of ether oxygens (including phenoxy) is 5. The Kier molecular flexibility index (Phi) is 3.38. The van der Waals surface area contributed by atoms with Gasteiger partial charge in [-0.25, -0.2) is 0 Å². The Labute approximate surface area is 124 Å². The second kappa shape index (κ2) is 4.66. The van der Waals surface area contributed by atoms with Crippen molar-refractivity contribution in [2.24, 2.45) is 0 Å². The molecule has 3 fully saturated rings. The molecular weight excluding hydrogens is 276 g/mol. The lowest BCUT2D eigenvalue weighted by Gasteiger charge is -2.32. The van der Waals surface area contributed by atoms with Crippen LogP contribution in [0.5, 0.6) is 0 Å². The van der Waals surface area contributed by atoms with E-state index in [-0.39, 0.29) is 0 Å². The van der Waals surface area contributed by atoms with E-state index in [0.717, 1.165) is 0 Å². The standard InChI is InChI=1S/C15H22O6/c1-6-7-15(16)10(9-8-17-13(2,3)19-9)18-12-11(15)20-14(4,5)21-12/h9-12,16H,8H2,1-5H3/t9-,10-,11+,12-,15-/m1/s1. The molecule has 5 atom stereocenters. The van der Waals surface area contributed by atoms with Crippen molar-refractivity contribution in [3.05, 3.63) is 0 Å². The van der Waals surface area contributed by atoms with Crippen LogP contribution in [0.3, 0.4) is 0 Å². The van der Waals surface area contributed by atoms with Crippen molar-refractivity contribution in [3.63, 3.8) is 0 Å². The predicted octanol–water partition coefficient (Wildman–Crippen LogP) is 0.769. The molecule has 0 saturated carbocycles. The zero-order valence-corrected chi connectivity index (χ0v) is 13.0. The van der Waals surface area contributed by atoms with Crippen molar-refractivity contribution in [1.29, 1.82) is 0 Å². The van der Waals surface area contributed by atoms with Gasteiger partial charge in [-0.1, -0.05) is 5.92 Å². The maximum absolute atomic E-state index is 11.0. The van der Waals surface area contributed by atoms with E-state index < -0.39 is 41.8 Å². The van der Waals surface area contributed by atoms with Gasteiger partial charge in [0.05, 0.1) is 6.61 Å². The molecule has 21 heavy (non-hydrogen) atoms. The average molecular weight is 298 g/mol. The zero-order valence-electron chi connectivity index (χ0n) is 13.0. The molecule has 0 aliphatic carbocycles. The second-order valence-corrected chi connectivity index (χ2v) is 6.55. The summed E-state index contributed by atoms with van der Waals surface area (Å²) in [6.07, 6.45) is -2.44. The van der Waals surface area contributed by atoms with Crippen LogP contribution >= 0.6 is 0 Å². The molecule has 118 valence electrons. The predicted molar refractivity (Wildman–Crippen MR) is 72.0 cm³/mol. The molecule has 6 heteroatoms. The SMILES string of the molecule is CC#C[C@@]1(O)[C@@H]([C@H]2COC(C)(C)O2)O[C@@H]2OC(C)(C)O[C@@H]21. The topological polar surface area (TPSA) is 66.4 Å². The molecule has 1 N–H and O–H groups in total. The fourth-order valence-corrected chi connectivity index (χ4v) is 3.12. The van der Waals surface area contributed by atoms with Crippen LogP contribution in [0.4, 0.5) is 0 Å². The molecule has 0 bridgehead atoms. The summed E-state index contributed by atoms with van der Waals surface area (Å²) in [5, 5.41) is 11.0. The van der Waals surface area contributed by atoms with Crippen molar-refractivity contribution in [3.8, 4) is 11.8 Å². The molecule has 3 aliphatic rings. The lowest BCUT2D eigenvalue weighted by Crippen LogP contribution is -2.53. The molecule has 0 aromatic carbocycles. The van der Waals surface area contributed by atoms with Gasteiger partial charge in [0.2, 0.25) is 0 Å². The van der Waals surface area contributed by atoms with Crippen LogP contribution in [0.1, 0.15) is 34.6 Å². The molecule has 6 nitrogen and oxygen atoms in total. The summed E-state index contributed by atoms with van der Waals surface area (Å²) >= 11 is 0. The van der Waals surface area contributed by atoms with E-state index in [1.165, 1.54) is 0 Å². The Morgan fingerprint density at radius 2 is 1.71 bits per heavy atom. The van der Waals surface area contributed by atoms with Gasteiger partial charge in [0, 0.05) is 0 Å². The lowest BCUT2D eigenvalue weighted by molar-refractivity contribution is -0.240. The summed E-state index contributed by atoms with van der Waals surface area (Å²) in [7, 11) is 0. The van der Waals surface area contributed by atoms with E-state index in [9.17, 15) is 5.11 Å². The quantitative estimate of drug-likeness (QED) is 0.721. The van der Waals surface area contributed by atoms with Crippen LogP contribution in [-0.2, 0) is 23.7 Å². The normalized spacial score (nSPS) is 47.0. The van der Waals surface area contributed by atoms with E-state index in [4.69, 9.17) is 23.7 Å². The third kappa shape index (κ3) is 2.48. The van der Waals surface area contributed by atoms with E-state index in [0.29, 0.717) is 6.61 Å².